The van der Waals surface area contributed by atoms with Gasteiger partial charge in [0.05, 0.1) is 31.7 Å². The van der Waals surface area contributed by atoms with Crippen molar-refractivity contribution in [3.63, 3.8) is 0 Å². The Labute approximate surface area is 123 Å². The lowest BCUT2D eigenvalue weighted by Crippen LogP contribution is -2.24. The van der Waals surface area contributed by atoms with E-state index in [-0.39, 0.29) is 5.69 Å². The molecule has 0 aliphatic rings. The molecule has 2 aromatic rings. The summed E-state index contributed by atoms with van der Waals surface area (Å²) in [7, 11) is 1.32. The molecule has 2 rings (SSSR count). The summed E-state index contributed by atoms with van der Waals surface area (Å²) in [5.41, 5.74) is 2.15. The van der Waals surface area contributed by atoms with Gasteiger partial charge in [0.25, 0.3) is 0 Å². The topological polar surface area (TPSA) is 68.2 Å². The maximum absolute atomic E-state index is 11.3. The first-order valence-electron chi connectivity index (χ1n) is 6.72. The van der Waals surface area contributed by atoms with Gasteiger partial charge in [0.2, 0.25) is 0 Å². The lowest BCUT2D eigenvalue weighted by molar-refractivity contribution is 0.0593. The van der Waals surface area contributed by atoms with Crippen LogP contribution in [0.5, 0.6) is 0 Å². The molecule has 110 valence electrons. The van der Waals surface area contributed by atoms with Crippen LogP contribution in [0.15, 0.2) is 30.6 Å². The summed E-state index contributed by atoms with van der Waals surface area (Å²) in [5.74, 6) is 0.214. The zero-order valence-electron chi connectivity index (χ0n) is 12.4. The maximum Gasteiger partial charge on any atom is 0.358 e. The lowest BCUT2D eigenvalue weighted by Gasteiger charge is -2.21. The summed E-state index contributed by atoms with van der Waals surface area (Å²) < 4.78 is 4.61. The van der Waals surface area contributed by atoms with Crippen molar-refractivity contribution in [2.75, 3.05) is 18.6 Å². The fourth-order valence-electron chi connectivity index (χ4n) is 1.93. The van der Waals surface area contributed by atoms with E-state index in [9.17, 15) is 4.79 Å². The highest BCUT2D eigenvalue weighted by atomic mass is 16.5. The van der Waals surface area contributed by atoms with Gasteiger partial charge in [-0.3, -0.25) is 4.98 Å². The normalized spacial score (nSPS) is 10.2. The average molecular weight is 286 g/mol. The summed E-state index contributed by atoms with van der Waals surface area (Å²) in [5, 5.41) is 0. The first-order valence-corrected chi connectivity index (χ1v) is 6.72. The van der Waals surface area contributed by atoms with Crippen LogP contribution in [-0.4, -0.2) is 34.6 Å². The summed E-state index contributed by atoms with van der Waals surface area (Å²) in [6, 6.07) is 5.92. The van der Waals surface area contributed by atoms with Crippen molar-refractivity contribution in [1.29, 1.82) is 0 Å². The number of aromatic nitrogens is 3. The van der Waals surface area contributed by atoms with Gasteiger partial charge in [0.1, 0.15) is 5.82 Å². The van der Waals surface area contributed by atoms with Crippen LogP contribution in [0.4, 0.5) is 5.82 Å². The number of carbonyl (C=O) groups excluding carboxylic acids is 1. The molecule has 2 heterocycles. The quantitative estimate of drug-likeness (QED) is 0.783. The Kier molecular flexibility index (Phi) is 4.81. The van der Waals surface area contributed by atoms with Crippen LogP contribution in [0.1, 0.15) is 28.8 Å². The number of anilines is 1. The molecule has 0 aliphatic carbocycles. The molecule has 0 radical (unpaired) electrons. The smallest absolute Gasteiger partial charge is 0.358 e. The largest absolute Gasteiger partial charge is 0.464 e. The number of esters is 1. The Balaban J connectivity index is 2.15. The van der Waals surface area contributed by atoms with Gasteiger partial charge in [-0.25, -0.2) is 14.8 Å². The molecule has 0 saturated carbocycles. The summed E-state index contributed by atoms with van der Waals surface area (Å²) in [6.07, 6.45) is 3.00. The van der Waals surface area contributed by atoms with E-state index >= 15 is 0 Å². The van der Waals surface area contributed by atoms with Crippen molar-refractivity contribution in [2.24, 2.45) is 0 Å². The Morgan fingerprint density at radius 3 is 2.67 bits per heavy atom. The molecule has 0 aromatic carbocycles. The number of nitrogens with zero attached hydrogens (tertiary/aromatic N) is 4. The van der Waals surface area contributed by atoms with E-state index in [1.807, 2.05) is 36.9 Å². The van der Waals surface area contributed by atoms with Crippen molar-refractivity contribution >= 4 is 11.8 Å². The molecule has 6 heteroatoms. The van der Waals surface area contributed by atoms with E-state index < -0.39 is 5.97 Å². The molecular weight excluding hydrogens is 268 g/mol. The minimum atomic E-state index is -0.488. The van der Waals surface area contributed by atoms with Gasteiger partial charge in [-0.05, 0) is 26.0 Å². The number of aryl methyl sites for hydroxylation is 1. The Morgan fingerprint density at radius 1 is 1.29 bits per heavy atom. The molecule has 2 aromatic heterocycles. The summed E-state index contributed by atoms with van der Waals surface area (Å²) >= 11 is 0. The van der Waals surface area contributed by atoms with Gasteiger partial charge in [-0.2, -0.15) is 0 Å². The van der Waals surface area contributed by atoms with Gasteiger partial charge >= 0.3 is 5.97 Å². The van der Waals surface area contributed by atoms with E-state index in [1.165, 1.54) is 13.3 Å². The minimum Gasteiger partial charge on any atom is -0.464 e. The van der Waals surface area contributed by atoms with Gasteiger partial charge in [-0.15, -0.1) is 0 Å². The van der Waals surface area contributed by atoms with Gasteiger partial charge < -0.3 is 9.64 Å². The Hall–Kier alpha value is -2.50. The third-order valence-electron chi connectivity index (χ3n) is 3.04. The van der Waals surface area contributed by atoms with Crippen molar-refractivity contribution < 1.29 is 9.53 Å². The number of rotatable bonds is 5. The van der Waals surface area contributed by atoms with Crippen LogP contribution in [0, 0.1) is 6.92 Å². The predicted octanol–water partition coefficient (Wildman–Crippen LogP) is 1.99. The Bertz CT molecular complexity index is 613. The number of pyridine rings is 1. The minimum absolute atomic E-state index is 0.200. The SMILES string of the molecule is CCN(Cc1cccc(C)n1)c1cnc(C(=O)OC)cn1. The Morgan fingerprint density at radius 2 is 2.10 bits per heavy atom. The van der Waals surface area contributed by atoms with Gasteiger partial charge in [0.15, 0.2) is 5.69 Å². The van der Waals surface area contributed by atoms with E-state index in [1.54, 1.807) is 6.20 Å². The highest BCUT2D eigenvalue weighted by Crippen LogP contribution is 2.13. The average Bonchev–Trinajstić information content (AvgIpc) is 2.52. The van der Waals surface area contributed by atoms with Crippen molar-refractivity contribution in [2.45, 2.75) is 20.4 Å². The number of methoxy groups -OCH3 is 1. The second-order valence-electron chi connectivity index (χ2n) is 4.54. The molecule has 0 spiro atoms. The molecule has 0 fully saturated rings. The zero-order chi connectivity index (χ0) is 15.2. The highest BCUT2D eigenvalue weighted by Gasteiger charge is 2.11. The standard InChI is InChI=1S/C15H18N4O2/c1-4-19(10-12-7-5-6-11(2)18-12)14-9-16-13(8-17-14)15(20)21-3/h5-9H,4,10H2,1-3H3. The number of hydrogen-bond donors (Lipinski definition) is 0. The number of ether oxygens (including phenoxy) is 1. The highest BCUT2D eigenvalue weighted by molar-refractivity contribution is 5.86. The molecule has 0 bridgehead atoms. The van der Waals surface area contributed by atoms with Crippen molar-refractivity contribution in [3.05, 3.63) is 47.7 Å². The zero-order valence-corrected chi connectivity index (χ0v) is 12.4. The maximum atomic E-state index is 11.3. The van der Waals surface area contributed by atoms with Crippen LogP contribution in [0.3, 0.4) is 0 Å². The van der Waals surface area contributed by atoms with Crippen LogP contribution >= 0.6 is 0 Å². The predicted molar refractivity (Wildman–Crippen MR) is 79.1 cm³/mol. The van der Waals surface area contributed by atoms with Crippen LogP contribution < -0.4 is 4.90 Å². The molecule has 0 amide bonds. The fourth-order valence-corrected chi connectivity index (χ4v) is 1.93. The molecule has 6 nitrogen and oxygen atoms in total. The third kappa shape index (κ3) is 3.75. The van der Waals surface area contributed by atoms with Crippen LogP contribution in [-0.2, 0) is 11.3 Å². The third-order valence-corrected chi connectivity index (χ3v) is 3.04. The van der Waals surface area contributed by atoms with Crippen molar-refractivity contribution in [1.82, 2.24) is 15.0 Å². The summed E-state index contributed by atoms with van der Waals surface area (Å²) in [4.78, 5) is 26.2. The molecule has 0 atom stereocenters. The molecule has 0 N–H and O–H groups in total. The van der Waals surface area contributed by atoms with Crippen LogP contribution in [0.2, 0.25) is 0 Å². The first-order chi connectivity index (χ1) is 10.1. The summed E-state index contributed by atoms with van der Waals surface area (Å²) in [6.45, 7) is 5.41. The second-order valence-corrected chi connectivity index (χ2v) is 4.54. The molecular formula is C15H18N4O2. The second kappa shape index (κ2) is 6.78. The van der Waals surface area contributed by atoms with Crippen molar-refractivity contribution in [3.8, 4) is 0 Å². The first kappa shape index (κ1) is 14.9. The lowest BCUT2D eigenvalue weighted by atomic mass is 10.3. The van der Waals surface area contributed by atoms with E-state index in [2.05, 4.69) is 19.7 Å². The monoisotopic (exact) mass is 286 g/mol. The van der Waals surface area contributed by atoms with Crippen LogP contribution in [0.25, 0.3) is 0 Å². The van der Waals surface area contributed by atoms with Gasteiger partial charge in [-0.1, -0.05) is 6.07 Å². The van der Waals surface area contributed by atoms with E-state index in [4.69, 9.17) is 0 Å². The van der Waals surface area contributed by atoms with E-state index in [0.29, 0.717) is 12.4 Å². The number of carbonyl (C=O) groups is 1. The molecule has 21 heavy (non-hydrogen) atoms. The molecule has 0 unspecified atom stereocenters. The van der Waals surface area contributed by atoms with Gasteiger partial charge in [0, 0.05) is 12.2 Å². The van der Waals surface area contributed by atoms with E-state index in [0.717, 1.165) is 17.9 Å². The fraction of sp³-hybridized carbons (Fsp3) is 0.333. The molecule has 0 aliphatic heterocycles. The molecule has 0 saturated heterocycles. The number of hydrogen-bond acceptors (Lipinski definition) is 6.